The van der Waals surface area contributed by atoms with Crippen molar-refractivity contribution in [2.75, 3.05) is 19.8 Å². The molecule has 1 aliphatic rings. The third kappa shape index (κ3) is 4.41. The molecule has 1 fully saturated rings. The molecule has 3 aromatic rings. The number of benzene rings is 2. The predicted molar refractivity (Wildman–Crippen MR) is 112 cm³/mol. The average Bonchev–Trinajstić information content (AvgIpc) is 3.23. The number of ether oxygens (including phenoxy) is 1. The molecular weight excluding hydrogens is 437 g/mol. The van der Waals surface area contributed by atoms with Gasteiger partial charge >= 0.3 is 0 Å². The van der Waals surface area contributed by atoms with Gasteiger partial charge in [0.25, 0.3) is 5.91 Å². The van der Waals surface area contributed by atoms with Gasteiger partial charge in [0.05, 0.1) is 5.69 Å². The summed E-state index contributed by atoms with van der Waals surface area (Å²) in [4.78, 5) is 12.7. The van der Waals surface area contributed by atoms with Crippen LogP contribution in [0, 0.1) is 5.82 Å². The topological polar surface area (TPSA) is 56.1 Å². The Morgan fingerprint density at radius 2 is 1.97 bits per heavy atom. The number of carbonyl (C=O) groups excluding carboxylic acids is 1. The van der Waals surface area contributed by atoms with Gasteiger partial charge in [-0.2, -0.15) is 5.10 Å². The highest BCUT2D eigenvalue weighted by Gasteiger charge is 2.35. The van der Waals surface area contributed by atoms with Crippen molar-refractivity contribution in [3.05, 3.63) is 82.3 Å². The first-order valence-corrected chi connectivity index (χ1v) is 10.3. The van der Waals surface area contributed by atoms with E-state index in [9.17, 15) is 9.18 Å². The van der Waals surface area contributed by atoms with Crippen molar-refractivity contribution in [3.8, 4) is 5.69 Å². The Morgan fingerprint density at radius 1 is 1.17 bits per heavy atom. The quantitative estimate of drug-likeness (QED) is 0.622. The zero-order valence-corrected chi connectivity index (χ0v) is 17.4. The lowest BCUT2D eigenvalue weighted by Crippen LogP contribution is -2.44. The van der Waals surface area contributed by atoms with Crippen LogP contribution in [0.2, 0.25) is 0 Å². The Hall–Kier alpha value is -2.51. The fraction of sp³-hybridized carbons (Fsp3) is 0.273. The second-order valence-electron chi connectivity index (χ2n) is 7.21. The van der Waals surface area contributed by atoms with E-state index >= 15 is 0 Å². The molecule has 0 radical (unpaired) electrons. The van der Waals surface area contributed by atoms with Crippen LogP contribution in [-0.2, 0) is 10.2 Å². The molecule has 1 saturated heterocycles. The zero-order valence-electron chi connectivity index (χ0n) is 15.8. The minimum Gasteiger partial charge on any atom is -0.381 e. The van der Waals surface area contributed by atoms with Gasteiger partial charge in [0.2, 0.25) is 0 Å². The lowest BCUT2D eigenvalue weighted by Gasteiger charge is -2.38. The lowest BCUT2D eigenvalue weighted by atomic mass is 9.74. The highest BCUT2D eigenvalue weighted by Crippen LogP contribution is 2.35. The Bertz CT molecular complexity index is 1010. The zero-order chi connectivity index (χ0) is 20.3. The van der Waals surface area contributed by atoms with E-state index in [1.165, 1.54) is 22.4 Å². The molecule has 0 saturated carbocycles. The smallest absolute Gasteiger partial charge is 0.271 e. The maximum absolute atomic E-state index is 13.4. The molecule has 1 aliphatic heterocycles. The molecule has 1 aromatic heterocycles. The minimum absolute atomic E-state index is 0.178. The fourth-order valence-electron chi connectivity index (χ4n) is 3.70. The Morgan fingerprint density at radius 3 is 2.72 bits per heavy atom. The number of aromatic nitrogens is 2. The van der Waals surface area contributed by atoms with Gasteiger partial charge in [0.15, 0.2) is 5.69 Å². The first-order chi connectivity index (χ1) is 14.1. The summed E-state index contributed by atoms with van der Waals surface area (Å²) >= 11 is 3.54. The average molecular weight is 458 g/mol. The number of hydrogen-bond acceptors (Lipinski definition) is 3. The van der Waals surface area contributed by atoms with Crippen molar-refractivity contribution in [2.24, 2.45) is 0 Å². The molecule has 0 bridgehead atoms. The molecule has 5 nitrogen and oxygen atoms in total. The summed E-state index contributed by atoms with van der Waals surface area (Å²) < 4.78 is 21.5. The summed E-state index contributed by atoms with van der Waals surface area (Å²) in [5.41, 5.74) is 1.87. The first-order valence-electron chi connectivity index (χ1n) is 9.49. The molecule has 4 rings (SSSR count). The van der Waals surface area contributed by atoms with E-state index in [0.29, 0.717) is 31.1 Å². The second kappa shape index (κ2) is 8.47. The van der Waals surface area contributed by atoms with Crippen molar-refractivity contribution in [3.63, 3.8) is 0 Å². The van der Waals surface area contributed by atoms with Crippen molar-refractivity contribution in [1.82, 2.24) is 15.1 Å². The van der Waals surface area contributed by atoms with Crippen LogP contribution >= 0.6 is 15.9 Å². The molecule has 150 valence electrons. The third-order valence-electron chi connectivity index (χ3n) is 5.37. The number of nitrogens with one attached hydrogen (secondary N) is 1. The molecule has 2 heterocycles. The van der Waals surface area contributed by atoms with Crippen molar-refractivity contribution in [2.45, 2.75) is 18.3 Å². The maximum Gasteiger partial charge on any atom is 0.271 e. The van der Waals surface area contributed by atoms with Crippen LogP contribution in [0.15, 0.2) is 65.3 Å². The summed E-state index contributed by atoms with van der Waals surface area (Å²) in [6.45, 7) is 1.83. The van der Waals surface area contributed by atoms with Gasteiger partial charge in [0.1, 0.15) is 5.82 Å². The monoisotopic (exact) mass is 457 g/mol. The summed E-state index contributed by atoms with van der Waals surface area (Å²) in [7, 11) is 0. The lowest BCUT2D eigenvalue weighted by molar-refractivity contribution is 0.0486. The highest BCUT2D eigenvalue weighted by molar-refractivity contribution is 9.10. The SMILES string of the molecule is O=C(NCC1(c2cccc(Br)c2)CCOCC1)c1ccn(-c2cccc(F)c2)n1. The molecule has 7 heteroatoms. The Balaban J connectivity index is 1.50. The third-order valence-corrected chi connectivity index (χ3v) is 5.86. The molecule has 0 spiro atoms. The second-order valence-corrected chi connectivity index (χ2v) is 8.13. The summed E-state index contributed by atoms with van der Waals surface area (Å²) in [6, 6.07) is 15.9. The van der Waals surface area contributed by atoms with Crippen LogP contribution in [0.5, 0.6) is 0 Å². The van der Waals surface area contributed by atoms with E-state index in [4.69, 9.17) is 4.74 Å². The van der Waals surface area contributed by atoms with Crippen LogP contribution in [0.4, 0.5) is 4.39 Å². The van der Waals surface area contributed by atoms with Crippen LogP contribution in [0.3, 0.4) is 0 Å². The van der Waals surface area contributed by atoms with Crippen LogP contribution in [0.1, 0.15) is 28.9 Å². The number of amides is 1. The number of hydrogen-bond donors (Lipinski definition) is 1. The van der Waals surface area contributed by atoms with Gasteiger partial charge in [-0.05, 0) is 54.8 Å². The van der Waals surface area contributed by atoms with Crippen molar-refractivity contribution >= 4 is 21.8 Å². The van der Waals surface area contributed by atoms with E-state index in [1.807, 2.05) is 12.1 Å². The standard InChI is InChI=1S/C22H21BrFN3O2/c23-17-4-1-3-16(13-17)22(8-11-29-12-9-22)15-25-21(28)20-7-10-27(26-20)19-6-2-5-18(24)14-19/h1-7,10,13-14H,8-9,11-12,15H2,(H,25,28). The molecule has 0 unspecified atom stereocenters. The molecule has 2 aromatic carbocycles. The first kappa shape index (κ1) is 19.8. The number of rotatable bonds is 5. The molecule has 29 heavy (non-hydrogen) atoms. The van der Waals surface area contributed by atoms with Gasteiger partial charge < -0.3 is 10.1 Å². The van der Waals surface area contributed by atoms with Crippen molar-refractivity contribution < 1.29 is 13.9 Å². The number of carbonyl (C=O) groups is 1. The van der Waals surface area contributed by atoms with Gasteiger partial charge in [0, 0.05) is 35.8 Å². The molecule has 1 N–H and O–H groups in total. The predicted octanol–water partition coefficient (Wildman–Crippen LogP) is 4.25. The number of halogens is 2. The van der Waals surface area contributed by atoms with Gasteiger partial charge in [-0.25, -0.2) is 9.07 Å². The van der Waals surface area contributed by atoms with E-state index in [1.54, 1.807) is 24.4 Å². The molecule has 1 amide bonds. The van der Waals surface area contributed by atoms with Gasteiger partial charge in [-0.1, -0.05) is 34.1 Å². The van der Waals surface area contributed by atoms with Crippen LogP contribution in [-0.4, -0.2) is 35.4 Å². The number of nitrogens with zero attached hydrogens (tertiary/aromatic N) is 2. The fourth-order valence-corrected chi connectivity index (χ4v) is 4.09. The van der Waals surface area contributed by atoms with E-state index in [2.05, 4.69) is 38.5 Å². The van der Waals surface area contributed by atoms with Crippen LogP contribution < -0.4 is 5.32 Å². The van der Waals surface area contributed by atoms with Gasteiger partial charge in [-0.3, -0.25) is 4.79 Å². The van der Waals surface area contributed by atoms with E-state index < -0.39 is 0 Å². The summed E-state index contributed by atoms with van der Waals surface area (Å²) in [5.74, 6) is -0.597. The molecule has 0 atom stereocenters. The molecule has 0 aliphatic carbocycles. The van der Waals surface area contributed by atoms with Crippen LogP contribution in [0.25, 0.3) is 5.69 Å². The normalized spacial score (nSPS) is 15.8. The minimum atomic E-state index is -0.348. The highest BCUT2D eigenvalue weighted by atomic mass is 79.9. The van der Waals surface area contributed by atoms with E-state index in [-0.39, 0.29) is 17.1 Å². The summed E-state index contributed by atoms with van der Waals surface area (Å²) in [5, 5.41) is 7.34. The summed E-state index contributed by atoms with van der Waals surface area (Å²) in [6.07, 6.45) is 3.32. The Kier molecular flexibility index (Phi) is 5.78. The van der Waals surface area contributed by atoms with E-state index in [0.717, 1.165) is 17.3 Å². The molecular formula is C22H21BrFN3O2. The maximum atomic E-state index is 13.4. The van der Waals surface area contributed by atoms with Crippen molar-refractivity contribution in [1.29, 1.82) is 0 Å². The van der Waals surface area contributed by atoms with Gasteiger partial charge in [-0.15, -0.1) is 0 Å². The Labute approximate surface area is 177 Å². The largest absolute Gasteiger partial charge is 0.381 e.